The first-order valence-corrected chi connectivity index (χ1v) is 7.42. The zero-order valence-corrected chi connectivity index (χ0v) is 12.2. The summed E-state index contributed by atoms with van der Waals surface area (Å²) in [6.45, 7) is 0. The number of ketones is 1. The molecule has 2 aliphatic rings. The SMILES string of the molecule is O=C1CCCC2=C1[C@@H](c1ccccc1C(=O)O)n1ncnc1N2. The molecule has 116 valence electrons. The van der Waals surface area contributed by atoms with Gasteiger partial charge in [-0.25, -0.2) is 9.48 Å². The third kappa shape index (κ3) is 2.04. The van der Waals surface area contributed by atoms with Gasteiger partial charge in [0.2, 0.25) is 5.95 Å². The van der Waals surface area contributed by atoms with Gasteiger partial charge in [0.1, 0.15) is 12.4 Å². The molecule has 1 aromatic carbocycles. The smallest absolute Gasteiger partial charge is 0.336 e. The number of nitrogens with zero attached hydrogens (tertiary/aromatic N) is 3. The van der Waals surface area contributed by atoms with E-state index < -0.39 is 12.0 Å². The van der Waals surface area contributed by atoms with Gasteiger partial charge in [0.05, 0.1) is 5.56 Å². The van der Waals surface area contributed by atoms with Crippen molar-refractivity contribution in [1.82, 2.24) is 14.8 Å². The Morgan fingerprint density at radius 2 is 2.13 bits per heavy atom. The van der Waals surface area contributed by atoms with Gasteiger partial charge in [0.15, 0.2) is 5.78 Å². The number of aromatic carboxylic acids is 1. The predicted molar refractivity (Wildman–Crippen MR) is 81.1 cm³/mol. The van der Waals surface area contributed by atoms with Gasteiger partial charge in [-0.1, -0.05) is 18.2 Å². The summed E-state index contributed by atoms with van der Waals surface area (Å²) >= 11 is 0. The molecular weight excluding hydrogens is 296 g/mol. The molecule has 4 rings (SSSR count). The number of benzene rings is 1. The average molecular weight is 310 g/mol. The summed E-state index contributed by atoms with van der Waals surface area (Å²) in [4.78, 5) is 28.3. The van der Waals surface area contributed by atoms with Gasteiger partial charge in [-0.15, -0.1) is 0 Å². The number of Topliss-reactive ketones (excluding diaryl/α,β-unsaturated/α-hetero) is 1. The van der Waals surface area contributed by atoms with Crippen molar-refractivity contribution in [3.8, 4) is 0 Å². The van der Waals surface area contributed by atoms with Gasteiger partial charge >= 0.3 is 5.97 Å². The number of anilines is 1. The first kappa shape index (κ1) is 13.7. The molecule has 0 radical (unpaired) electrons. The number of nitrogens with one attached hydrogen (secondary N) is 1. The summed E-state index contributed by atoms with van der Waals surface area (Å²) in [5.74, 6) is -0.458. The van der Waals surface area contributed by atoms with Crippen molar-refractivity contribution in [1.29, 1.82) is 0 Å². The first-order chi connectivity index (χ1) is 11.2. The van der Waals surface area contributed by atoms with E-state index in [1.54, 1.807) is 28.9 Å². The Labute approximate surface area is 131 Å². The molecule has 1 aliphatic heterocycles. The standard InChI is InChI=1S/C16H14N4O3/c21-12-7-3-6-11-13(12)14(20-16(19-11)17-8-18-20)9-4-1-2-5-10(9)15(22)23/h1-2,4-5,8,14H,3,6-7H2,(H,22,23)(H,17,18,19)/t14-/m1/s1. The fourth-order valence-electron chi connectivity index (χ4n) is 3.31. The second-order valence-corrected chi connectivity index (χ2v) is 5.62. The van der Waals surface area contributed by atoms with Crippen molar-refractivity contribution in [2.45, 2.75) is 25.3 Å². The molecule has 7 nitrogen and oxygen atoms in total. The van der Waals surface area contributed by atoms with Gasteiger partial charge in [-0.05, 0) is 24.5 Å². The molecule has 0 bridgehead atoms. The van der Waals surface area contributed by atoms with Crippen molar-refractivity contribution in [3.05, 3.63) is 53.0 Å². The van der Waals surface area contributed by atoms with Crippen LogP contribution in [0.25, 0.3) is 0 Å². The van der Waals surface area contributed by atoms with Crippen LogP contribution in [0.4, 0.5) is 5.95 Å². The van der Waals surface area contributed by atoms with Gasteiger partial charge in [0, 0.05) is 17.7 Å². The van der Waals surface area contributed by atoms with E-state index >= 15 is 0 Å². The number of aromatic nitrogens is 3. The number of carbonyl (C=O) groups excluding carboxylic acids is 1. The minimum atomic E-state index is -1.02. The zero-order chi connectivity index (χ0) is 16.0. The predicted octanol–water partition coefficient (Wildman–Crippen LogP) is 2.00. The second-order valence-electron chi connectivity index (χ2n) is 5.62. The lowest BCUT2D eigenvalue weighted by molar-refractivity contribution is -0.116. The van der Waals surface area contributed by atoms with E-state index in [0.29, 0.717) is 23.5 Å². The largest absolute Gasteiger partial charge is 0.478 e. The fourth-order valence-corrected chi connectivity index (χ4v) is 3.31. The summed E-state index contributed by atoms with van der Waals surface area (Å²) < 4.78 is 1.59. The molecule has 0 amide bonds. The van der Waals surface area contributed by atoms with Gasteiger partial charge in [-0.3, -0.25) is 4.79 Å². The Morgan fingerprint density at radius 3 is 2.96 bits per heavy atom. The topological polar surface area (TPSA) is 97.1 Å². The highest BCUT2D eigenvalue weighted by Crippen LogP contribution is 2.40. The number of allylic oxidation sites excluding steroid dienone is 2. The van der Waals surface area contributed by atoms with Crippen LogP contribution < -0.4 is 5.32 Å². The van der Waals surface area contributed by atoms with Gasteiger partial charge in [0.25, 0.3) is 0 Å². The highest BCUT2D eigenvalue weighted by Gasteiger charge is 2.37. The Bertz CT molecular complexity index is 853. The Morgan fingerprint density at radius 1 is 1.30 bits per heavy atom. The summed E-state index contributed by atoms with van der Waals surface area (Å²) in [6, 6.07) is 6.17. The van der Waals surface area contributed by atoms with Crippen LogP contribution in [0.2, 0.25) is 0 Å². The minimum absolute atomic E-state index is 0.0325. The van der Waals surface area contributed by atoms with Crippen molar-refractivity contribution in [2.75, 3.05) is 5.32 Å². The number of carbonyl (C=O) groups is 2. The quantitative estimate of drug-likeness (QED) is 0.880. The van der Waals surface area contributed by atoms with E-state index in [0.717, 1.165) is 18.5 Å². The van der Waals surface area contributed by atoms with E-state index in [1.165, 1.54) is 6.33 Å². The molecule has 0 saturated heterocycles. The van der Waals surface area contributed by atoms with Crippen LogP contribution in [0.3, 0.4) is 0 Å². The van der Waals surface area contributed by atoms with Crippen LogP contribution in [0.15, 0.2) is 41.9 Å². The number of carboxylic acids is 1. The summed E-state index contributed by atoms with van der Waals surface area (Å²) in [7, 11) is 0. The lowest BCUT2D eigenvalue weighted by Gasteiger charge is -2.32. The molecule has 0 fully saturated rings. The Hall–Kier alpha value is -2.96. The number of hydrogen-bond donors (Lipinski definition) is 2. The van der Waals surface area contributed by atoms with Crippen molar-refractivity contribution >= 4 is 17.7 Å². The van der Waals surface area contributed by atoms with Gasteiger partial charge < -0.3 is 10.4 Å². The maximum absolute atomic E-state index is 12.5. The normalized spacial score (nSPS) is 19.8. The Kier molecular flexibility index (Phi) is 3.00. The Balaban J connectivity index is 1.97. The van der Waals surface area contributed by atoms with Crippen LogP contribution in [0.1, 0.15) is 41.2 Å². The average Bonchev–Trinajstić information content (AvgIpc) is 3.01. The van der Waals surface area contributed by atoms with E-state index in [-0.39, 0.29) is 11.3 Å². The molecule has 23 heavy (non-hydrogen) atoms. The highest BCUT2D eigenvalue weighted by molar-refractivity contribution is 6.00. The number of carboxylic acid groups (broad SMARTS) is 1. The molecule has 1 aliphatic carbocycles. The third-order valence-corrected chi connectivity index (χ3v) is 4.30. The lowest BCUT2D eigenvalue weighted by Crippen LogP contribution is -2.32. The van der Waals surface area contributed by atoms with Crippen LogP contribution in [-0.4, -0.2) is 31.6 Å². The molecule has 2 N–H and O–H groups in total. The summed E-state index contributed by atoms with van der Waals surface area (Å²) in [6.07, 6.45) is 3.41. The van der Waals surface area contributed by atoms with Crippen LogP contribution in [-0.2, 0) is 4.79 Å². The molecule has 2 heterocycles. The monoisotopic (exact) mass is 310 g/mol. The van der Waals surface area contributed by atoms with Gasteiger partial charge in [-0.2, -0.15) is 10.1 Å². The maximum Gasteiger partial charge on any atom is 0.336 e. The first-order valence-electron chi connectivity index (χ1n) is 7.42. The van der Waals surface area contributed by atoms with Crippen LogP contribution in [0.5, 0.6) is 0 Å². The van der Waals surface area contributed by atoms with Crippen molar-refractivity contribution in [2.24, 2.45) is 0 Å². The molecular formula is C16H14N4O3. The lowest BCUT2D eigenvalue weighted by atomic mass is 9.84. The van der Waals surface area contributed by atoms with E-state index in [9.17, 15) is 14.7 Å². The van der Waals surface area contributed by atoms with Crippen LogP contribution >= 0.6 is 0 Å². The third-order valence-electron chi connectivity index (χ3n) is 4.30. The minimum Gasteiger partial charge on any atom is -0.478 e. The summed E-state index contributed by atoms with van der Waals surface area (Å²) in [5, 5.41) is 16.9. The number of hydrogen-bond acceptors (Lipinski definition) is 5. The fraction of sp³-hybridized carbons (Fsp3) is 0.250. The van der Waals surface area contributed by atoms with E-state index in [4.69, 9.17) is 0 Å². The number of rotatable bonds is 2. The van der Waals surface area contributed by atoms with E-state index in [1.807, 2.05) is 0 Å². The zero-order valence-electron chi connectivity index (χ0n) is 12.2. The summed E-state index contributed by atoms with van der Waals surface area (Å²) in [5.41, 5.74) is 2.15. The highest BCUT2D eigenvalue weighted by atomic mass is 16.4. The maximum atomic E-state index is 12.5. The molecule has 2 aromatic rings. The van der Waals surface area contributed by atoms with E-state index in [2.05, 4.69) is 15.4 Å². The van der Waals surface area contributed by atoms with Crippen molar-refractivity contribution < 1.29 is 14.7 Å². The number of fused-ring (bicyclic) bond motifs is 1. The second kappa shape index (κ2) is 5.05. The molecule has 0 saturated carbocycles. The van der Waals surface area contributed by atoms with Crippen LogP contribution in [0, 0.1) is 0 Å². The molecule has 0 spiro atoms. The molecule has 0 unspecified atom stereocenters. The molecule has 1 atom stereocenters. The molecule has 1 aromatic heterocycles. The molecule has 7 heteroatoms. The van der Waals surface area contributed by atoms with Crippen molar-refractivity contribution in [3.63, 3.8) is 0 Å².